The van der Waals surface area contributed by atoms with Gasteiger partial charge in [-0.15, -0.1) is 0 Å². The van der Waals surface area contributed by atoms with Crippen molar-refractivity contribution in [1.29, 1.82) is 0 Å². The fourth-order valence-corrected chi connectivity index (χ4v) is 4.39. The molecular formula is C17H33N3S. The van der Waals surface area contributed by atoms with Gasteiger partial charge in [-0.2, -0.15) is 0 Å². The molecule has 3 nitrogen and oxygen atoms in total. The molecule has 2 rings (SSSR count). The Morgan fingerprint density at radius 2 is 2.00 bits per heavy atom. The molecule has 2 aliphatic rings. The molecule has 0 saturated heterocycles. The first-order chi connectivity index (χ1) is 10.1. The molecule has 0 aromatic carbocycles. The van der Waals surface area contributed by atoms with Crippen molar-refractivity contribution in [2.24, 2.45) is 10.4 Å². The SMILES string of the molecule is CC(C)N(C)CCCCNC1=NCC2(CCCCC2)CS1. The maximum Gasteiger partial charge on any atom is 0.156 e. The molecule has 0 amide bonds. The molecule has 122 valence electrons. The van der Waals surface area contributed by atoms with E-state index in [0.717, 1.165) is 13.1 Å². The molecule has 0 bridgehead atoms. The third kappa shape index (κ3) is 5.48. The first-order valence-corrected chi connectivity index (χ1v) is 9.71. The van der Waals surface area contributed by atoms with Gasteiger partial charge in [-0.05, 0) is 58.5 Å². The average Bonchev–Trinajstić information content (AvgIpc) is 2.49. The zero-order valence-electron chi connectivity index (χ0n) is 14.2. The van der Waals surface area contributed by atoms with E-state index >= 15 is 0 Å². The van der Waals surface area contributed by atoms with Crippen LogP contribution >= 0.6 is 11.8 Å². The topological polar surface area (TPSA) is 27.6 Å². The van der Waals surface area contributed by atoms with E-state index in [1.54, 1.807) is 0 Å². The Morgan fingerprint density at radius 3 is 2.62 bits per heavy atom. The highest BCUT2D eigenvalue weighted by Gasteiger charge is 2.34. The van der Waals surface area contributed by atoms with Crippen molar-refractivity contribution in [3.63, 3.8) is 0 Å². The van der Waals surface area contributed by atoms with E-state index in [2.05, 4.69) is 31.1 Å². The second-order valence-corrected chi connectivity index (χ2v) is 8.14. The van der Waals surface area contributed by atoms with Crippen LogP contribution in [0.1, 0.15) is 58.8 Å². The lowest BCUT2D eigenvalue weighted by Gasteiger charge is -2.38. The van der Waals surface area contributed by atoms with Gasteiger partial charge in [-0.3, -0.25) is 4.99 Å². The predicted molar refractivity (Wildman–Crippen MR) is 95.3 cm³/mol. The van der Waals surface area contributed by atoms with Crippen LogP contribution in [0.2, 0.25) is 0 Å². The van der Waals surface area contributed by atoms with Gasteiger partial charge in [0.15, 0.2) is 5.17 Å². The van der Waals surface area contributed by atoms with E-state index in [1.165, 1.54) is 62.4 Å². The van der Waals surface area contributed by atoms with E-state index in [0.29, 0.717) is 11.5 Å². The summed E-state index contributed by atoms with van der Waals surface area (Å²) in [4.78, 5) is 7.24. The number of aliphatic imine (C=N–C) groups is 1. The quantitative estimate of drug-likeness (QED) is 0.757. The normalized spacial score (nSPS) is 21.9. The van der Waals surface area contributed by atoms with Crippen LogP contribution in [0.5, 0.6) is 0 Å². The molecule has 0 atom stereocenters. The second-order valence-electron chi connectivity index (χ2n) is 7.18. The van der Waals surface area contributed by atoms with Gasteiger partial charge in [-0.1, -0.05) is 31.0 Å². The van der Waals surface area contributed by atoms with Gasteiger partial charge in [0.2, 0.25) is 0 Å². The molecule has 0 aromatic rings. The average molecular weight is 312 g/mol. The van der Waals surface area contributed by atoms with E-state index in [4.69, 9.17) is 4.99 Å². The first kappa shape index (κ1) is 17.1. The van der Waals surface area contributed by atoms with Gasteiger partial charge in [0.25, 0.3) is 0 Å². The Kier molecular flexibility index (Phi) is 6.87. The van der Waals surface area contributed by atoms with Crippen molar-refractivity contribution in [2.45, 2.75) is 64.8 Å². The number of amidine groups is 1. The molecule has 1 spiro atoms. The van der Waals surface area contributed by atoms with Crippen molar-refractivity contribution >= 4 is 16.9 Å². The van der Waals surface area contributed by atoms with Gasteiger partial charge >= 0.3 is 0 Å². The van der Waals surface area contributed by atoms with Gasteiger partial charge in [-0.25, -0.2) is 0 Å². The standard InChI is InChI=1S/C17H33N3S/c1-15(2)20(3)12-8-7-11-18-16-19-13-17(14-21-16)9-5-4-6-10-17/h15H,4-14H2,1-3H3,(H,18,19). The summed E-state index contributed by atoms with van der Waals surface area (Å²) in [7, 11) is 2.21. The highest BCUT2D eigenvalue weighted by atomic mass is 32.2. The lowest BCUT2D eigenvalue weighted by Crippen LogP contribution is -2.37. The monoisotopic (exact) mass is 311 g/mol. The van der Waals surface area contributed by atoms with Crippen LogP contribution < -0.4 is 5.32 Å². The second kappa shape index (κ2) is 8.42. The molecule has 1 aliphatic heterocycles. The van der Waals surface area contributed by atoms with Crippen LogP contribution in [-0.4, -0.2) is 48.5 Å². The third-order valence-electron chi connectivity index (χ3n) is 5.08. The maximum absolute atomic E-state index is 4.83. The summed E-state index contributed by atoms with van der Waals surface area (Å²) >= 11 is 1.97. The maximum atomic E-state index is 4.83. The van der Waals surface area contributed by atoms with Crippen LogP contribution in [0.3, 0.4) is 0 Å². The molecule has 1 aliphatic carbocycles. The number of nitrogens with one attached hydrogen (secondary N) is 1. The number of thioether (sulfide) groups is 1. The van der Waals surface area contributed by atoms with Crippen LogP contribution in [-0.2, 0) is 0 Å². The number of rotatable bonds is 6. The smallest absolute Gasteiger partial charge is 0.156 e. The number of hydrogen-bond acceptors (Lipinski definition) is 4. The molecule has 1 N–H and O–H groups in total. The Hall–Kier alpha value is -0.220. The summed E-state index contributed by atoms with van der Waals surface area (Å²) in [5.74, 6) is 1.29. The predicted octanol–water partition coefficient (Wildman–Crippen LogP) is 3.75. The lowest BCUT2D eigenvalue weighted by atomic mass is 9.75. The summed E-state index contributed by atoms with van der Waals surface area (Å²) in [5, 5.41) is 4.74. The summed E-state index contributed by atoms with van der Waals surface area (Å²) in [6.45, 7) is 7.85. The Morgan fingerprint density at radius 1 is 1.24 bits per heavy atom. The molecule has 0 aromatic heterocycles. The summed E-state index contributed by atoms with van der Waals surface area (Å²) in [5.41, 5.74) is 0.550. The minimum absolute atomic E-state index is 0.550. The largest absolute Gasteiger partial charge is 0.365 e. The number of unbranched alkanes of at least 4 members (excludes halogenated alkanes) is 1. The minimum atomic E-state index is 0.550. The highest BCUT2D eigenvalue weighted by molar-refractivity contribution is 8.13. The molecular weight excluding hydrogens is 278 g/mol. The molecule has 0 radical (unpaired) electrons. The van der Waals surface area contributed by atoms with Crippen LogP contribution in [0.4, 0.5) is 0 Å². The van der Waals surface area contributed by atoms with Crippen molar-refractivity contribution in [3.8, 4) is 0 Å². The van der Waals surface area contributed by atoms with Gasteiger partial charge in [0.1, 0.15) is 0 Å². The Bertz CT molecular complexity index is 335. The highest BCUT2D eigenvalue weighted by Crippen LogP contribution is 2.41. The van der Waals surface area contributed by atoms with E-state index in [-0.39, 0.29) is 0 Å². The van der Waals surface area contributed by atoms with Crippen molar-refractivity contribution < 1.29 is 0 Å². The van der Waals surface area contributed by atoms with Gasteiger partial charge in [0, 0.05) is 24.9 Å². The Labute approximate surface area is 135 Å². The van der Waals surface area contributed by atoms with Gasteiger partial charge in [0.05, 0.1) is 0 Å². The fourth-order valence-electron chi connectivity index (χ4n) is 3.20. The zero-order chi connectivity index (χ0) is 15.1. The molecule has 1 heterocycles. The summed E-state index contributed by atoms with van der Waals surface area (Å²) in [6.07, 6.45) is 9.58. The zero-order valence-corrected chi connectivity index (χ0v) is 15.0. The number of nitrogens with zero attached hydrogens (tertiary/aromatic N) is 2. The van der Waals surface area contributed by atoms with Crippen molar-refractivity contribution in [3.05, 3.63) is 0 Å². The first-order valence-electron chi connectivity index (χ1n) is 8.73. The molecule has 21 heavy (non-hydrogen) atoms. The van der Waals surface area contributed by atoms with Crippen LogP contribution in [0.25, 0.3) is 0 Å². The fraction of sp³-hybridized carbons (Fsp3) is 0.941. The summed E-state index contributed by atoms with van der Waals surface area (Å²) < 4.78 is 0. The van der Waals surface area contributed by atoms with Crippen LogP contribution in [0.15, 0.2) is 4.99 Å². The molecule has 0 unspecified atom stereocenters. The molecule has 1 fully saturated rings. The Balaban J connectivity index is 1.59. The molecule has 4 heteroatoms. The van der Waals surface area contributed by atoms with E-state index in [1.807, 2.05) is 11.8 Å². The van der Waals surface area contributed by atoms with Gasteiger partial charge < -0.3 is 10.2 Å². The third-order valence-corrected chi connectivity index (χ3v) is 6.39. The number of hydrogen-bond donors (Lipinski definition) is 1. The molecule has 1 saturated carbocycles. The summed E-state index contributed by atoms with van der Waals surface area (Å²) in [6, 6.07) is 0.655. The van der Waals surface area contributed by atoms with Crippen molar-refractivity contribution in [1.82, 2.24) is 10.2 Å². The van der Waals surface area contributed by atoms with E-state index in [9.17, 15) is 0 Å². The van der Waals surface area contributed by atoms with E-state index < -0.39 is 0 Å². The van der Waals surface area contributed by atoms with Crippen LogP contribution in [0, 0.1) is 5.41 Å². The minimum Gasteiger partial charge on any atom is -0.365 e. The lowest BCUT2D eigenvalue weighted by molar-refractivity contribution is 0.232. The van der Waals surface area contributed by atoms with Crippen molar-refractivity contribution in [2.75, 3.05) is 32.4 Å².